The molecule has 0 fully saturated rings. The highest BCUT2D eigenvalue weighted by Gasteiger charge is 1.99. The molecular formula is C12H24N2O. The van der Waals surface area contributed by atoms with Gasteiger partial charge in [0.25, 0.3) is 0 Å². The fourth-order valence-corrected chi connectivity index (χ4v) is 2.03. The molecule has 0 aromatic rings. The summed E-state index contributed by atoms with van der Waals surface area (Å²) in [7, 11) is 0. The molecular weight excluding hydrogens is 188 g/mol. The van der Waals surface area contributed by atoms with Gasteiger partial charge in [-0.2, -0.15) is 0 Å². The number of nitrogens with one attached hydrogen (secondary N) is 1. The summed E-state index contributed by atoms with van der Waals surface area (Å²) in [6.45, 7) is 0.864. The molecule has 1 rings (SSSR count). The molecule has 0 unspecified atom stereocenters. The Kier molecular flexibility index (Phi) is 7.26. The van der Waals surface area contributed by atoms with Gasteiger partial charge in [-0.05, 0) is 12.8 Å². The van der Waals surface area contributed by atoms with E-state index in [4.69, 9.17) is 5.21 Å². The smallest absolute Gasteiger partial charge is 0.120 e. The molecule has 0 radical (unpaired) electrons. The van der Waals surface area contributed by atoms with Crippen LogP contribution in [0.2, 0.25) is 0 Å². The maximum Gasteiger partial charge on any atom is 0.120 e. The molecule has 0 saturated carbocycles. The van der Waals surface area contributed by atoms with Gasteiger partial charge in [-0.15, -0.1) is 0 Å². The largest absolute Gasteiger partial charge is 0.290 e. The number of hydrogen-bond donors (Lipinski definition) is 2. The van der Waals surface area contributed by atoms with Crippen LogP contribution in [0.15, 0.2) is 4.99 Å². The van der Waals surface area contributed by atoms with Crippen molar-refractivity contribution in [2.45, 2.75) is 64.2 Å². The van der Waals surface area contributed by atoms with Crippen LogP contribution in [0, 0.1) is 0 Å². The lowest BCUT2D eigenvalue weighted by molar-refractivity contribution is 0.231. The molecule has 3 nitrogen and oxygen atoms in total. The zero-order valence-electron chi connectivity index (χ0n) is 9.67. The minimum absolute atomic E-state index is 0.772. The number of hydroxylamine groups is 1. The summed E-state index contributed by atoms with van der Waals surface area (Å²) in [5.41, 5.74) is 2.22. The molecule has 88 valence electrons. The molecule has 1 aliphatic rings. The van der Waals surface area contributed by atoms with Gasteiger partial charge in [-0.3, -0.25) is 15.7 Å². The first-order valence-corrected chi connectivity index (χ1v) is 6.37. The standard InChI is InChI=1S/C12H24N2O/c15-14-12-10-8-6-4-2-1-3-5-7-9-11-13-12/h15H,1-11H2,(H,13,14). The van der Waals surface area contributed by atoms with Crippen LogP contribution in [0.4, 0.5) is 0 Å². The zero-order valence-corrected chi connectivity index (χ0v) is 9.67. The molecule has 0 aliphatic carbocycles. The van der Waals surface area contributed by atoms with Crippen molar-refractivity contribution in [1.29, 1.82) is 0 Å². The topological polar surface area (TPSA) is 44.6 Å². The van der Waals surface area contributed by atoms with Crippen LogP contribution in [0.25, 0.3) is 0 Å². The van der Waals surface area contributed by atoms with Crippen LogP contribution in [0.3, 0.4) is 0 Å². The van der Waals surface area contributed by atoms with Gasteiger partial charge in [-0.1, -0.05) is 44.9 Å². The third kappa shape index (κ3) is 6.50. The zero-order chi connectivity index (χ0) is 10.8. The first-order valence-electron chi connectivity index (χ1n) is 6.37. The van der Waals surface area contributed by atoms with E-state index < -0.39 is 0 Å². The summed E-state index contributed by atoms with van der Waals surface area (Å²) in [4.78, 5) is 4.36. The van der Waals surface area contributed by atoms with Crippen molar-refractivity contribution in [3.8, 4) is 0 Å². The first-order chi connectivity index (χ1) is 7.43. The lowest BCUT2D eigenvalue weighted by atomic mass is 10.1. The Balaban J connectivity index is 2.28. The fraction of sp³-hybridized carbons (Fsp3) is 0.917. The molecule has 1 aliphatic heterocycles. The monoisotopic (exact) mass is 212 g/mol. The molecule has 0 atom stereocenters. The molecule has 1 heterocycles. The number of rotatable bonds is 0. The molecule has 2 N–H and O–H groups in total. The third-order valence-electron chi connectivity index (χ3n) is 3.00. The SMILES string of the molecule is ONC1=NCCCCCCCCCCC1. The Hall–Kier alpha value is -0.570. The van der Waals surface area contributed by atoms with Crippen molar-refractivity contribution >= 4 is 5.84 Å². The predicted molar refractivity (Wildman–Crippen MR) is 63.4 cm³/mol. The van der Waals surface area contributed by atoms with Crippen LogP contribution in [0.1, 0.15) is 64.2 Å². The second-order valence-electron chi connectivity index (χ2n) is 4.37. The van der Waals surface area contributed by atoms with Crippen molar-refractivity contribution in [2.75, 3.05) is 6.54 Å². The van der Waals surface area contributed by atoms with E-state index in [-0.39, 0.29) is 0 Å². The van der Waals surface area contributed by atoms with E-state index in [9.17, 15) is 0 Å². The first kappa shape index (κ1) is 12.5. The van der Waals surface area contributed by atoms with Crippen LogP contribution >= 0.6 is 0 Å². The highest BCUT2D eigenvalue weighted by atomic mass is 16.5. The molecule has 0 spiro atoms. The molecule has 0 saturated heterocycles. The van der Waals surface area contributed by atoms with Crippen LogP contribution in [0.5, 0.6) is 0 Å². The average molecular weight is 212 g/mol. The molecule has 15 heavy (non-hydrogen) atoms. The van der Waals surface area contributed by atoms with Crippen LogP contribution in [-0.2, 0) is 0 Å². The minimum Gasteiger partial charge on any atom is -0.290 e. The number of hydrogen-bond acceptors (Lipinski definition) is 3. The molecule has 0 amide bonds. The van der Waals surface area contributed by atoms with E-state index in [1.165, 1.54) is 44.9 Å². The number of nitrogens with zero attached hydrogens (tertiary/aromatic N) is 1. The quantitative estimate of drug-likeness (QED) is 0.605. The van der Waals surface area contributed by atoms with E-state index in [0.29, 0.717) is 0 Å². The molecule has 0 bridgehead atoms. The summed E-state index contributed by atoms with van der Waals surface area (Å²) >= 11 is 0. The van der Waals surface area contributed by atoms with E-state index in [0.717, 1.165) is 31.6 Å². The lowest BCUT2D eigenvalue weighted by Crippen LogP contribution is -2.19. The lowest BCUT2D eigenvalue weighted by Gasteiger charge is -2.04. The van der Waals surface area contributed by atoms with Crippen molar-refractivity contribution in [1.82, 2.24) is 5.48 Å². The highest BCUT2D eigenvalue weighted by molar-refractivity contribution is 5.80. The second kappa shape index (κ2) is 8.72. The van der Waals surface area contributed by atoms with E-state index in [1.807, 2.05) is 0 Å². The van der Waals surface area contributed by atoms with Gasteiger partial charge < -0.3 is 0 Å². The average Bonchev–Trinajstić information content (AvgIpc) is 2.29. The Morgan fingerprint density at radius 2 is 1.33 bits per heavy atom. The number of amidine groups is 1. The second-order valence-corrected chi connectivity index (χ2v) is 4.37. The summed E-state index contributed by atoms with van der Waals surface area (Å²) < 4.78 is 0. The Morgan fingerprint density at radius 3 is 1.93 bits per heavy atom. The Bertz CT molecular complexity index is 180. The van der Waals surface area contributed by atoms with Crippen LogP contribution in [-0.4, -0.2) is 17.6 Å². The number of aliphatic imine (C=N–C) groups is 1. The van der Waals surface area contributed by atoms with Crippen LogP contribution < -0.4 is 5.48 Å². The van der Waals surface area contributed by atoms with Gasteiger partial charge in [0.15, 0.2) is 0 Å². The van der Waals surface area contributed by atoms with Crippen molar-refractivity contribution in [2.24, 2.45) is 4.99 Å². The third-order valence-corrected chi connectivity index (χ3v) is 3.00. The predicted octanol–water partition coefficient (Wildman–Crippen LogP) is 3.28. The van der Waals surface area contributed by atoms with E-state index >= 15 is 0 Å². The fourth-order valence-electron chi connectivity index (χ4n) is 2.03. The van der Waals surface area contributed by atoms with Gasteiger partial charge >= 0.3 is 0 Å². The van der Waals surface area contributed by atoms with Gasteiger partial charge in [0.05, 0.1) is 0 Å². The summed E-state index contributed by atoms with van der Waals surface area (Å²) in [5, 5.41) is 8.87. The minimum atomic E-state index is 0.772. The van der Waals surface area contributed by atoms with E-state index in [1.54, 1.807) is 0 Å². The summed E-state index contributed by atoms with van der Waals surface area (Å²) in [6.07, 6.45) is 12.6. The molecule has 0 aromatic carbocycles. The maximum absolute atomic E-state index is 8.87. The summed E-state index contributed by atoms with van der Waals surface area (Å²) in [6, 6.07) is 0. The highest BCUT2D eigenvalue weighted by Crippen LogP contribution is 2.11. The van der Waals surface area contributed by atoms with Gasteiger partial charge in [0, 0.05) is 13.0 Å². The Morgan fingerprint density at radius 1 is 0.800 bits per heavy atom. The molecule has 0 aromatic heterocycles. The normalized spacial score (nSPS) is 21.8. The molecule has 3 heteroatoms. The Labute approximate surface area is 92.9 Å². The van der Waals surface area contributed by atoms with Gasteiger partial charge in [0.1, 0.15) is 5.84 Å². The maximum atomic E-state index is 8.87. The van der Waals surface area contributed by atoms with Gasteiger partial charge in [-0.25, -0.2) is 0 Å². The van der Waals surface area contributed by atoms with Crippen molar-refractivity contribution < 1.29 is 5.21 Å². The summed E-state index contributed by atoms with van der Waals surface area (Å²) in [5.74, 6) is 0.772. The van der Waals surface area contributed by atoms with Crippen molar-refractivity contribution in [3.63, 3.8) is 0 Å². The van der Waals surface area contributed by atoms with E-state index in [2.05, 4.69) is 10.5 Å². The van der Waals surface area contributed by atoms with Gasteiger partial charge in [0.2, 0.25) is 0 Å². The van der Waals surface area contributed by atoms with Crippen molar-refractivity contribution in [3.05, 3.63) is 0 Å².